The van der Waals surface area contributed by atoms with Crippen LogP contribution in [-0.2, 0) is 10.8 Å². The highest BCUT2D eigenvalue weighted by atomic mass is 32.1. The molecule has 14 rings (SSSR count). The molecule has 1 aliphatic heterocycles. The van der Waals surface area contributed by atoms with Crippen LogP contribution >= 0.6 is 45.3 Å². The van der Waals surface area contributed by atoms with Gasteiger partial charge in [0.1, 0.15) is 0 Å². The fourth-order valence-corrected chi connectivity index (χ4v) is 16.0. The predicted octanol–water partition coefficient (Wildman–Crippen LogP) is 16.2. The van der Waals surface area contributed by atoms with Gasteiger partial charge in [-0.15, -0.1) is 45.3 Å². The third kappa shape index (κ3) is 4.28. The molecule has 62 heavy (non-hydrogen) atoms. The van der Waals surface area contributed by atoms with E-state index in [0.29, 0.717) is 0 Å². The molecule has 0 saturated carbocycles. The number of hydrogen-bond donors (Lipinski definition) is 0. The van der Waals surface area contributed by atoms with Gasteiger partial charge in [-0.25, -0.2) is 0 Å². The molecule has 0 N–H and O–H groups in total. The number of rotatable bonds is 4. The van der Waals surface area contributed by atoms with Crippen LogP contribution in [0.4, 0.5) is 17.1 Å². The van der Waals surface area contributed by atoms with E-state index in [9.17, 15) is 0 Å². The number of nitrogens with zero attached hydrogens (tertiary/aromatic N) is 2. The molecule has 0 unspecified atom stereocenters. The number of fused-ring (bicyclic) bond motifs is 16. The number of anilines is 3. The van der Waals surface area contributed by atoms with Gasteiger partial charge in [0, 0.05) is 47.2 Å². The molecule has 6 heteroatoms. The van der Waals surface area contributed by atoms with E-state index in [4.69, 9.17) is 0 Å². The van der Waals surface area contributed by atoms with Gasteiger partial charge in [-0.3, -0.25) is 0 Å². The SMILES string of the molecule is Cc1csc(C2(c3cc(C)cs3)c3ccccc3-c3c2ccc2c3N(c3ccc(-n4c5ccccc5c5ccccc54)cc3)c3ccccc3C23c2ccsc2-c2sccc23)c1. The molecule has 3 aliphatic rings. The molecule has 6 heterocycles. The van der Waals surface area contributed by atoms with E-state index in [1.807, 2.05) is 45.3 Å². The fraction of sp³-hybridized carbons (Fsp3) is 0.0714. The Morgan fingerprint density at radius 1 is 0.435 bits per heavy atom. The van der Waals surface area contributed by atoms with Gasteiger partial charge in [0.15, 0.2) is 0 Å². The topological polar surface area (TPSA) is 8.17 Å². The average molecular weight is 865 g/mol. The van der Waals surface area contributed by atoms with Crippen molar-refractivity contribution >= 4 is 84.2 Å². The minimum atomic E-state index is -0.468. The van der Waals surface area contributed by atoms with Gasteiger partial charge in [-0.05, 0) is 152 Å². The Labute approximate surface area is 375 Å². The van der Waals surface area contributed by atoms with Crippen LogP contribution in [0.25, 0.3) is 48.4 Å². The minimum absolute atomic E-state index is 0.453. The van der Waals surface area contributed by atoms with Crippen molar-refractivity contribution in [1.82, 2.24) is 4.57 Å². The summed E-state index contributed by atoms with van der Waals surface area (Å²) in [7, 11) is 0. The maximum atomic E-state index is 2.62. The van der Waals surface area contributed by atoms with Crippen molar-refractivity contribution in [3.05, 3.63) is 234 Å². The fourth-order valence-electron chi connectivity index (χ4n) is 11.5. The lowest BCUT2D eigenvalue weighted by Gasteiger charge is -2.45. The van der Waals surface area contributed by atoms with Gasteiger partial charge in [0.05, 0.1) is 33.2 Å². The first kappa shape index (κ1) is 35.3. The smallest absolute Gasteiger partial charge is 0.0900 e. The zero-order chi connectivity index (χ0) is 40.9. The predicted molar refractivity (Wildman–Crippen MR) is 265 cm³/mol. The maximum absolute atomic E-state index is 2.62. The van der Waals surface area contributed by atoms with Crippen LogP contribution in [0.3, 0.4) is 0 Å². The molecule has 5 aromatic heterocycles. The lowest BCUT2D eigenvalue weighted by atomic mass is 9.64. The molecule has 2 aliphatic carbocycles. The molecule has 0 atom stereocenters. The second kappa shape index (κ2) is 12.7. The van der Waals surface area contributed by atoms with Crippen LogP contribution in [0.2, 0.25) is 0 Å². The normalized spacial score (nSPS) is 14.8. The van der Waals surface area contributed by atoms with Crippen molar-refractivity contribution in [1.29, 1.82) is 0 Å². The van der Waals surface area contributed by atoms with Crippen molar-refractivity contribution in [2.24, 2.45) is 0 Å². The Hall–Kier alpha value is -6.28. The molecular weight excluding hydrogens is 829 g/mol. The number of thiophene rings is 4. The molecule has 11 aromatic rings. The van der Waals surface area contributed by atoms with Crippen LogP contribution in [0.5, 0.6) is 0 Å². The van der Waals surface area contributed by atoms with Crippen LogP contribution < -0.4 is 4.90 Å². The first-order chi connectivity index (χ1) is 30.6. The van der Waals surface area contributed by atoms with Gasteiger partial charge in [0.2, 0.25) is 0 Å². The first-order valence-corrected chi connectivity index (χ1v) is 24.6. The van der Waals surface area contributed by atoms with E-state index in [1.54, 1.807) is 0 Å². The number of aryl methyl sites for hydroxylation is 2. The van der Waals surface area contributed by atoms with Gasteiger partial charge >= 0.3 is 0 Å². The molecular formula is C56H36N2S4. The average Bonchev–Trinajstić information content (AvgIpc) is 4.19. The van der Waals surface area contributed by atoms with Gasteiger partial charge in [-0.1, -0.05) is 91.0 Å². The van der Waals surface area contributed by atoms with Crippen molar-refractivity contribution in [3.8, 4) is 26.6 Å². The van der Waals surface area contributed by atoms with E-state index < -0.39 is 10.8 Å². The summed E-state index contributed by atoms with van der Waals surface area (Å²) >= 11 is 7.57. The van der Waals surface area contributed by atoms with Crippen molar-refractivity contribution in [2.45, 2.75) is 24.7 Å². The Morgan fingerprint density at radius 3 is 1.61 bits per heavy atom. The quantitative estimate of drug-likeness (QED) is 0.171. The number of aromatic nitrogens is 1. The summed E-state index contributed by atoms with van der Waals surface area (Å²) in [6, 6.07) is 60.3. The van der Waals surface area contributed by atoms with Crippen LogP contribution in [0.1, 0.15) is 54.3 Å². The minimum Gasteiger partial charge on any atom is -0.309 e. The monoisotopic (exact) mass is 864 g/mol. The molecule has 294 valence electrons. The zero-order valence-electron chi connectivity index (χ0n) is 33.8. The lowest BCUT2D eigenvalue weighted by molar-refractivity contribution is 0.752. The third-order valence-electron chi connectivity index (χ3n) is 13.9. The van der Waals surface area contributed by atoms with E-state index in [1.165, 1.54) is 108 Å². The van der Waals surface area contributed by atoms with E-state index >= 15 is 0 Å². The second-order valence-corrected chi connectivity index (χ2v) is 20.6. The summed E-state index contributed by atoms with van der Waals surface area (Å²) in [4.78, 5) is 8.16. The highest BCUT2D eigenvalue weighted by Gasteiger charge is 2.56. The Balaban J connectivity index is 1.10. The first-order valence-electron chi connectivity index (χ1n) is 21.1. The number of hydrogen-bond acceptors (Lipinski definition) is 5. The molecule has 2 nitrogen and oxygen atoms in total. The summed E-state index contributed by atoms with van der Waals surface area (Å²) < 4.78 is 2.42. The Kier molecular flexibility index (Phi) is 7.21. The van der Waals surface area contributed by atoms with Crippen molar-refractivity contribution < 1.29 is 0 Å². The molecule has 0 amide bonds. The van der Waals surface area contributed by atoms with Crippen molar-refractivity contribution in [2.75, 3.05) is 4.90 Å². The maximum Gasteiger partial charge on any atom is 0.0900 e. The molecule has 0 bridgehead atoms. The van der Waals surface area contributed by atoms with Crippen LogP contribution in [0.15, 0.2) is 179 Å². The molecule has 6 aromatic carbocycles. The highest BCUT2D eigenvalue weighted by molar-refractivity contribution is 7.21. The summed E-state index contributed by atoms with van der Waals surface area (Å²) in [5.41, 5.74) is 19.8. The van der Waals surface area contributed by atoms with E-state index in [2.05, 4.69) is 203 Å². The molecule has 0 fully saturated rings. The molecule has 1 spiro atoms. The number of benzene rings is 6. The van der Waals surface area contributed by atoms with E-state index in [0.717, 1.165) is 11.4 Å². The number of para-hydroxylation sites is 3. The summed E-state index contributed by atoms with van der Waals surface area (Å²) in [6.07, 6.45) is 0. The Bertz CT molecular complexity index is 3510. The van der Waals surface area contributed by atoms with Gasteiger partial charge in [0.25, 0.3) is 0 Å². The lowest BCUT2D eigenvalue weighted by Crippen LogP contribution is -2.36. The molecule has 0 saturated heterocycles. The highest BCUT2D eigenvalue weighted by Crippen LogP contribution is 2.69. The third-order valence-corrected chi connectivity index (χ3v) is 18.2. The van der Waals surface area contributed by atoms with Gasteiger partial charge in [-0.2, -0.15) is 0 Å². The van der Waals surface area contributed by atoms with Crippen molar-refractivity contribution in [3.63, 3.8) is 0 Å². The second-order valence-electron chi connectivity index (χ2n) is 17.0. The summed E-state index contributed by atoms with van der Waals surface area (Å²) in [5, 5.41) is 11.8. The summed E-state index contributed by atoms with van der Waals surface area (Å²) in [6.45, 7) is 4.48. The van der Waals surface area contributed by atoms with E-state index in [-0.39, 0.29) is 0 Å². The summed E-state index contributed by atoms with van der Waals surface area (Å²) in [5.74, 6) is 0. The van der Waals surface area contributed by atoms with Crippen LogP contribution in [0, 0.1) is 13.8 Å². The molecule has 0 radical (unpaired) electrons. The van der Waals surface area contributed by atoms with Gasteiger partial charge < -0.3 is 9.47 Å². The van der Waals surface area contributed by atoms with Crippen LogP contribution in [-0.4, -0.2) is 4.57 Å². The largest absolute Gasteiger partial charge is 0.309 e. The standard InChI is InChI=1S/C56H36N2S4/c1-33-29-49(61-31-33)56(50-30-34(2)32-62-50)40-14-6-3-13-39(40)51-42(56)23-24-43-52(51)58(48-18-10-7-15-41(48)55(43)44-25-27-59-53(44)54-45(55)26-28-60-54)36-21-19-35(20-22-36)57-46-16-8-4-11-37(46)38-12-5-9-17-47(38)57/h3-32H,1-2H3. The zero-order valence-corrected chi connectivity index (χ0v) is 37.1. The Morgan fingerprint density at radius 2 is 0.984 bits per heavy atom.